The molecule has 40 heavy (non-hydrogen) atoms. The number of primary sulfonamides is 1. The van der Waals surface area contributed by atoms with Crippen LogP contribution in [0.25, 0.3) is 0 Å². The Morgan fingerprint density at radius 3 is 2.50 bits per heavy atom. The van der Waals surface area contributed by atoms with Gasteiger partial charge in [-0.2, -0.15) is 0 Å². The van der Waals surface area contributed by atoms with Gasteiger partial charge in [0, 0.05) is 16.9 Å². The van der Waals surface area contributed by atoms with Crippen molar-refractivity contribution in [1.82, 2.24) is 0 Å². The number of benzene rings is 3. The number of anilines is 2. The average molecular weight is 560 g/mol. The lowest BCUT2D eigenvalue weighted by Crippen LogP contribution is -2.38. The van der Waals surface area contributed by atoms with Crippen LogP contribution < -0.4 is 15.4 Å². The maximum atomic E-state index is 13.1. The fraction of sp³-hybridized carbons (Fsp3) is 0.355. The summed E-state index contributed by atoms with van der Waals surface area (Å²) in [5.41, 5.74) is 4.96. The van der Waals surface area contributed by atoms with Gasteiger partial charge in [0.2, 0.25) is 10.0 Å². The summed E-state index contributed by atoms with van der Waals surface area (Å²) in [6.07, 6.45) is 1.56. The molecule has 1 saturated carbocycles. The number of nitrogens with two attached hydrogens (primary N) is 1. The summed E-state index contributed by atoms with van der Waals surface area (Å²) >= 11 is 0. The maximum absolute atomic E-state index is 13.1. The maximum Gasteiger partial charge on any atom is 0.414 e. The molecular weight excluding hydrogens is 526 g/mol. The Morgan fingerprint density at radius 2 is 1.80 bits per heavy atom. The van der Waals surface area contributed by atoms with Crippen LogP contribution in [0.4, 0.5) is 16.2 Å². The summed E-state index contributed by atoms with van der Waals surface area (Å²) in [6.45, 7) is 4.65. The Balaban J connectivity index is 1.27. The number of hydrogen-bond donors (Lipinski definition) is 2. The molecular formula is C31H33N3O5S. The molecule has 3 aliphatic rings. The van der Waals surface area contributed by atoms with Gasteiger partial charge in [0.1, 0.15) is 11.4 Å². The zero-order valence-corrected chi connectivity index (χ0v) is 23.4. The quantitative estimate of drug-likeness (QED) is 0.394. The van der Waals surface area contributed by atoms with E-state index in [4.69, 9.17) is 9.88 Å². The number of nitrogens with zero attached hydrogens (tertiary/aromatic N) is 1. The average Bonchev–Trinajstić information content (AvgIpc) is 3.67. The molecule has 0 aromatic heterocycles. The van der Waals surface area contributed by atoms with E-state index in [2.05, 4.69) is 43.4 Å². The van der Waals surface area contributed by atoms with Crippen molar-refractivity contribution in [2.75, 3.05) is 16.8 Å². The second kappa shape index (κ2) is 9.45. The SMILES string of the molecule is CC1(C)Cc2cc(C(=O)C3(S(N)(=O)=O)CC3)ccc2NC1c1cccc(N2C(=O)OC[C@H]2Cc2ccccc2)c1. The van der Waals surface area contributed by atoms with Crippen molar-refractivity contribution in [2.24, 2.45) is 10.6 Å². The van der Waals surface area contributed by atoms with Crippen LogP contribution in [0.1, 0.15) is 59.8 Å². The minimum Gasteiger partial charge on any atom is -0.447 e. The highest BCUT2D eigenvalue weighted by molar-refractivity contribution is 7.91. The summed E-state index contributed by atoms with van der Waals surface area (Å²) in [7, 11) is -3.97. The zero-order chi connectivity index (χ0) is 28.3. The van der Waals surface area contributed by atoms with Gasteiger partial charge >= 0.3 is 6.09 Å². The van der Waals surface area contributed by atoms with Crippen LogP contribution >= 0.6 is 0 Å². The molecule has 2 fully saturated rings. The largest absolute Gasteiger partial charge is 0.447 e. The van der Waals surface area contributed by atoms with E-state index in [1.54, 1.807) is 17.0 Å². The smallest absolute Gasteiger partial charge is 0.414 e. The molecule has 2 atom stereocenters. The second-order valence-corrected chi connectivity index (χ2v) is 13.7. The number of ketones is 1. The number of sulfonamides is 1. The molecule has 0 spiro atoms. The van der Waals surface area contributed by atoms with Crippen molar-refractivity contribution in [3.63, 3.8) is 0 Å². The lowest BCUT2D eigenvalue weighted by atomic mass is 9.72. The van der Waals surface area contributed by atoms with Crippen molar-refractivity contribution in [2.45, 2.75) is 56.4 Å². The fourth-order valence-corrected chi connectivity index (χ4v) is 7.23. The lowest BCUT2D eigenvalue weighted by Gasteiger charge is -2.41. The highest BCUT2D eigenvalue weighted by atomic mass is 32.2. The first-order valence-corrected chi connectivity index (χ1v) is 15.1. The van der Waals surface area contributed by atoms with Crippen LogP contribution in [0.2, 0.25) is 0 Å². The van der Waals surface area contributed by atoms with Gasteiger partial charge in [-0.1, -0.05) is 56.3 Å². The fourth-order valence-electron chi connectivity index (χ4n) is 6.19. The normalized spacial score (nSPS) is 22.7. The van der Waals surface area contributed by atoms with E-state index in [1.807, 2.05) is 36.4 Å². The molecule has 0 bridgehead atoms. The van der Waals surface area contributed by atoms with Gasteiger partial charge in [-0.05, 0) is 78.1 Å². The van der Waals surface area contributed by atoms with E-state index in [0.717, 1.165) is 28.1 Å². The molecule has 9 heteroatoms. The molecule has 1 aliphatic carbocycles. The number of ether oxygens (including phenoxy) is 1. The number of carbonyl (C=O) groups excluding carboxylic acids is 2. The van der Waals surface area contributed by atoms with Crippen molar-refractivity contribution in [3.8, 4) is 0 Å². The van der Waals surface area contributed by atoms with Crippen molar-refractivity contribution >= 4 is 33.3 Å². The number of carbonyl (C=O) groups is 2. The summed E-state index contributed by atoms with van der Waals surface area (Å²) < 4.78 is 28.2. The van der Waals surface area contributed by atoms with Crippen LogP contribution in [-0.4, -0.2) is 37.7 Å². The van der Waals surface area contributed by atoms with E-state index in [9.17, 15) is 18.0 Å². The first-order valence-electron chi connectivity index (χ1n) is 13.5. The van der Waals surface area contributed by atoms with Gasteiger partial charge in [-0.3, -0.25) is 9.69 Å². The van der Waals surface area contributed by atoms with Crippen molar-refractivity contribution < 1.29 is 22.7 Å². The monoisotopic (exact) mass is 559 g/mol. The molecule has 1 saturated heterocycles. The van der Waals surface area contributed by atoms with E-state index in [-0.39, 0.29) is 36.4 Å². The molecule has 3 N–H and O–H groups in total. The summed E-state index contributed by atoms with van der Waals surface area (Å²) in [5, 5.41) is 9.04. The van der Waals surface area contributed by atoms with E-state index in [0.29, 0.717) is 25.0 Å². The number of cyclic esters (lactones) is 1. The first kappa shape index (κ1) is 26.5. The number of nitrogens with one attached hydrogen (secondary N) is 1. The van der Waals surface area contributed by atoms with Crippen LogP contribution in [0.3, 0.4) is 0 Å². The zero-order valence-electron chi connectivity index (χ0n) is 22.6. The number of amides is 1. The number of fused-ring (bicyclic) bond motifs is 1. The van der Waals surface area contributed by atoms with Gasteiger partial charge in [-0.15, -0.1) is 0 Å². The third-order valence-electron chi connectivity index (χ3n) is 8.51. The molecule has 2 aliphatic heterocycles. The van der Waals surface area contributed by atoms with Crippen LogP contribution in [0.5, 0.6) is 0 Å². The van der Waals surface area contributed by atoms with Crippen LogP contribution in [0.15, 0.2) is 72.8 Å². The van der Waals surface area contributed by atoms with Gasteiger partial charge in [0.25, 0.3) is 0 Å². The predicted molar refractivity (Wildman–Crippen MR) is 154 cm³/mol. The van der Waals surface area contributed by atoms with Gasteiger partial charge < -0.3 is 10.1 Å². The Labute approximate surface area is 234 Å². The molecule has 1 unspecified atom stereocenters. The number of rotatable bonds is 7. The standard InChI is InChI=1S/C31H33N3O5S/c1-30(2)18-23-16-22(28(35)31(13-14-31)40(32,37)38)11-12-26(23)33-27(30)21-9-6-10-24(17-21)34-25(19-39-29(34)36)15-20-7-4-3-5-8-20/h3-12,16-17,25,27,33H,13-15,18-19H2,1-2H3,(H2,32,37,38)/t25-,27?/m1/s1. The van der Waals surface area contributed by atoms with Crippen LogP contribution in [0, 0.1) is 5.41 Å². The molecule has 2 heterocycles. The van der Waals surface area contributed by atoms with E-state index in [1.165, 1.54) is 0 Å². The minimum absolute atomic E-state index is 0.0631. The lowest BCUT2D eigenvalue weighted by molar-refractivity contribution is 0.0978. The third-order valence-corrected chi connectivity index (χ3v) is 10.2. The Bertz CT molecular complexity index is 1600. The topological polar surface area (TPSA) is 119 Å². The summed E-state index contributed by atoms with van der Waals surface area (Å²) in [5.74, 6) is -0.423. The van der Waals surface area contributed by atoms with E-state index < -0.39 is 20.6 Å². The van der Waals surface area contributed by atoms with Gasteiger partial charge in [-0.25, -0.2) is 18.4 Å². The Morgan fingerprint density at radius 1 is 1.05 bits per heavy atom. The molecule has 208 valence electrons. The number of hydrogen-bond acceptors (Lipinski definition) is 6. The Kier molecular flexibility index (Phi) is 6.27. The Hall–Kier alpha value is -3.69. The molecule has 3 aromatic carbocycles. The molecule has 3 aromatic rings. The third kappa shape index (κ3) is 4.57. The van der Waals surface area contributed by atoms with Gasteiger partial charge in [0.15, 0.2) is 5.78 Å². The molecule has 8 nitrogen and oxygen atoms in total. The molecule has 6 rings (SSSR count). The summed E-state index contributed by atoms with van der Waals surface area (Å²) in [4.78, 5) is 27.7. The van der Waals surface area contributed by atoms with E-state index >= 15 is 0 Å². The minimum atomic E-state index is -3.97. The first-order chi connectivity index (χ1) is 19.0. The van der Waals surface area contributed by atoms with Crippen LogP contribution in [-0.2, 0) is 27.6 Å². The van der Waals surface area contributed by atoms with Crippen molar-refractivity contribution in [3.05, 3.63) is 95.1 Å². The highest BCUT2D eigenvalue weighted by Gasteiger charge is 2.59. The second-order valence-electron chi connectivity index (χ2n) is 11.9. The number of Topliss-reactive ketones (excluding diaryl/α,β-unsaturated/α-hetero) is 1. The van der Waals surface area contributed by atoms with Gasteiger partial charge in [0.05, 0.1) is 12.1 Å². The van der Waals surface area contributed by atoms with Crippen molar-refractivity contribution in [1.29, 1.82) is 0 Å². The highest BCUT2D eigenvalue weighted by Crippen LogP contribution is 2.48. The molecule has 1 amide bonds. The predicted octanol–water partition coefficient (Wildman–Crippen LogP) is 4.99. The molecule has 0 radical (unpaired) electrons. The summed E-state index contributed by atoms with van der Waals surface area (Å²) in [6, 6.07) is 23.3.